The van der Waals surface area contributed by atoms with Crippen LogP contribution in [0.5, 0.6) is 0 Å². The van der Waals surface area contributed by atoms with Crippen molar-refractivity contribution in [2.45, 2.75) is 12.2 Å². The molecule has 8 heteroatoms. The summed E-state index contributed by atoms with van der Waals surface area (Å²) in [5.41, 5.74) is -0.820. The highest BCUT2D eigenvalue weighted by Crippen LogP contribution is 2.38. The molecule has 0 bridgehead atoms. The molecule has 0 aliphatic heterocycles. The lowest BCUT2D eigenvalue weighted by atomic mass is 10.0. The van der Waals surface area contributed by atoms with Crippen LogP contribution in [0, 0.1) is 5.82 Å². The quantitative estimate of drug-likeness (QED) is 0.593. The lowest BCUT2D eigenvalue weighted by molar-refractivity contribution is -0.140. The number of rotatable bonds is 3. The van der Waals surface area contributed by atoms with Crippen molar-refractivity contribution in [3.8, 4) is 0 Å². The van der Waals surface area contributed by atoms with Gasteiger partial charge in [-0.05, 0) is 62.7 Å². The van der Waals surface area contributed by atoms with Gasteiger partial charge in [-0.2, -0.15) is 13.2 Å². The Morgan fingerprint density at radius 1 is 1.19 bits per heavy atom. The van der Waals surface area contributed by atoms with Gasteiger partial charge in [0.15, 0.2) is 0 Å². The molecular formula is C13H9Br2F4NS. The van der Waals surface area contributed by atoms with E-state index in [1.807, 2.05) is 6.07 Å². The standard InChI is InChI=1S/C13H9Br2F4NS/c1-20-11(10-5-8(14)12(15)21-10)6-2-3-7(9(16)4-6)13(17,18)19/h2-5,11,20H,1H3. The minimum atomic E-state index is -4.69. The molecule has 0 fully saturated rings. The predicted molar refractivity (Wildman–Crippen MR) is 82.0 cm³/mol. The molecule has 0 aliphatic carbocycles. The smallest absolute Gasteiger partial charge is 0.309 e. The van der Waals surface area contributed by atoms with Crippen LogP contribution in [-0.2, 0) is 6.18 Å². The third kappa shape index (κ3) is 3.67. The first kappa shape index (κ1) is 16.9. The minimum absolute atomic E-state index is 0.380. The van der Waals surface area contributed by atoms with E-state index in [0.717, 1.165) is 25.3 Å². The summed E-state index contributed by atoms with van der Waals surface area (Å²) < 4.78 is 53.1. The van der Waals surface area contributed by atoms with Crippen LogP contribution < -0.4 is 5.32 Å². The van der Waals surface area contributed by atoms with Crippen molar-refractivity contribution in [2.24, 2.45) is 0 Å². The molecule has 0 aliphatic rings. The van der Waals surface area contributed by atoms with E-state index < -0.39 is 17.6 Å². The average Bonchev–Trinajstić information content (AvgIpc) is 2.68. The van der Waals surface area contributed by atoms with E-state index in [9.17, 15) is 17.6 Å². The van der Waals surface area contributed by atoms with Crippen LogP contribution >= 0.6 is 43.2 Å². The van der Waals surface area contributed by atoms with Crippen LogP contribution in [0.1, 0.15) is 22.0 Å². The summed E-state index contributed by atoms with van der Waals surface area (Å²) in [6.45, 7) is 0. The monoisotopic (exact) mass is 445 g/mol. The zero-order valence-corrected chi connectivity index (χ0v) is 14.6. The Kier molecular flexibility index (Phi) is 5.12. The Morgan fingerprint density at radius 3 is 2.29 bits per heavy atom. The van der Waals surface area contributed by atoms with Gasteiger partial charge in [-0.25, -0.2) is 4.39 Å². The van der Waals surface area contributed by atoms with E-state index in [-0.39, 0.29) is 6.04 Å². The Balaban J connectivity index is 2.42. The number of halogens is 6. The molecule has 0 radical (unpaired) electrons. The fourth-order valence-corrected chi connectivity index (χ4v) is 4.15. The topological polar surface area (TPSA) is 12.0 Å². The molecule has 1 aromatic carbocycles. The Labute approximate surface area is 139 Å². The van der Waals surface area contributed by atoms with Gasteiger partial charge in [0.2, 0.25) is 0 Å². The molecule has 0 amide bonds. The third-order valence-corrected chi connectivity index (χ3v) is 6.19. The van der Waals surface area contributed by atoms with Gasteiger partial charge in [-0.3, -0.25) is 0 Å². The van der Waals surface area contributed by atoms with Crippen molar-refractivity contribution in [2.75, 3.05) is 7.05 Å². The molecule has 2 aromatic rings. The van der Waals surface area contributed by atoms with Gasteiger partial charge < -0.3 is 5.32 Å². The summed E-state index contributed by atoms with van der Waals surface area (Å²) in [4.78, 5) is 0.857. The van der Waals surface area contributed by atoms with Crippen LogP contribution in [-0.4, -0.2) is 7.05 Å². The van der Waals surface area contributed by atoms with Gasteiger partial charge in [0.05, 0.1) is 15.4 Å². The van der Waals surface area contributed by atoms with Crippen LogP contribution in [0.2, 0.25) is 0 Å². The molecule has 1 unspecified atom stereocenters. The lowest BCUT2D eigenvalue weighted by Crippen LogP contribution is -2.17. The van der Waals surface area contributed by atoms with E-state index in [1.54, 1.807) is 7.05 Å². The Bertz CT molecular complexity index is 635. The van der Waals surface area contributed by atoms with Gasteiger partial charge in [-0.1, -0.05) is 6.07 Å². The highest BCUT2D eigenvalue weighted by molar-refractivity contribution is 9.13. The second-order valence-electron chi connectivity index (χ2n) is 4.23. The first-order chi connectivity index (χ1) is 9.74. The van der Waals surface area contributed by atoms with Crippen LogP contribution in [0.15, 0.2) is 32.5 Å². The molecule has 0 spiro atoms. The molecule has 0 saturated heterocycles. The second-order valence-corrected chi connectivity index (χ2v) is 7.49. The van der Waals surface area contributed by atoms with Crippen molar-refractivity contribution >= 4 is 43.2 Å². The number of hydrogen-bond donors (Lipinski definition) is 1. The second kappa shape index (κ2) is 6.36. The molecule has 1 heterocycles. The molecule has 1 aromatic heterocycles. The number of alkyl halides is 3. The summed E-state index contributed by atoms with van der Waals surface area (Å²) >= 11 is 8.13. The molecule has 1 atom stereocenters. The summed E-state index contributed by atoms with van der Waals surface area (Å²) in [5.74, 6) is -1.27. The number of benzene rings is 1. The van der Waals surface area contributed by atoms with Gasteiger partial charge >= 0.3 is 6.18 Å². The maximum Gasteiger partial charge on any atom is 0.419 e. The van der Waals surface area contributed by atoms with Gasteiger partial charge in [0, 0.05) is 9.35 Å². The zero-order chi connectivity index (χ0) is 15.8. The molecule has 2 rings (SSSR count). The number of thiophene rings is 1. The first-order valence-corrected chi connectivity index (χ1v) is 8.13. The van der Waals surface area contributed by atoms with Crippen molar-refractivity contribution in [3.05, 3.63) is 54.3 Å². The molecule has 1 nitrogen and oxygen atoms in total. The van der Waals surface area contributed by atoms with Crippen molar-refractivity contribution in [1.82, 2.24) is 5.32 Å². The van der Waals surface area contributed by atoms with E-state index in [4.69, 9.17) is 0 Å². The molecule has 0 saturated carbocycles. The molecule has 114 valence electrons. The van der Waals surface area contributed by atoms with Gasteiger partial charge in [-0.15, -0.1) is 11.3 Å². The van der Waals surface area contributed by atoms with Gasteiger partial charge in [0.1, 0.15) is 5.82 Å². The molecule has 1 N–H and O–H groups in total. The van der Waals surface area contributed by atoms with Crippen LogP contribution in [0.4, 0.5) is 17.6 Å². The normalized spacial score (nSPS) is 13.5. The molecular weight excluding hydrogens is 438 g/mol. The summed E-state index contributed by atoms with van der Waals surface area (Å²) in [6.07, 6.45) is -4.69. The largest absolute Gasteiger partial charge is 0.419 e. The first-order valence-electron chi connectivity index (χ1n) is 5.72. The Hall–Kier alpha value is -0.440. The maximum atomic E-state index is 13.7. The van der Waals surface area contributed by atoms with Crippen molar-refractivity contribution < 1.29 is 17.6 Å². The highest BCUT2D eigenvalue weighted by Gasteiger charge is 2.34. The third-order valence-electron chi connectivity index (χ3n) is 2.87. The fourth-order valence-electron chi connectivity index (χ4n) is 1.92. The zero-order valence-electron chi connectivity index (χ0n) is 10.6. The van der Waals surface area contributed by atoms with Crippen LogP contribution in [0.25, 0.3) is 0 Å². The van der Waals surface area contributed by atoms with Crippen LogP contribution in [0.3, 0.4) is 0 Å². The summed E-state index contributed by atoms with van der Waals surface area (Å²) in [7, 11) is 1.67. The average molecular weight is 447 g/mol. The minimum Gasteiger partial charge on any atom is -0.309 e. The Morgan fingerprint density at radius 2 is 1.86 bits per heavy atom. The molecule has 21 heavy (non-hydrogen) atoms. The lowest BCUT2D eigenvalue weighted by Gasteiger charge is -2.16. The fraction of sp³-hybridized carbons (Fsp3) is 0.231. The number of hydrogen-bond acceptors (Lipinski definition) is 2. The van der Waals surface area contributed by atoms with E-state index in [0.29, 0.717) is 5.56 Å². The maximum absolute atomic E-state index is 13.7. The van der Waals surface area contributed by atoms with Gasteiger partial charge in [0.25, 0.3) is 0 Å². The SMILES string of the molecule is CNC(c1ccc(C(F)(F)F)c(F)c1)c1cc(Br)c(Br)s1. The van der Waals surface area contributed by atoms with E-state index in [1.165, 1.54) is 17.4 Å². The summed E-state index contributed by atoms with van der Waals surface area (Å²) in [5, 5.41) is 2.98. The van der Waals surface area contributed by atoms with Crippen molar-refractivity contribution in [3.63, 3.8) is 0 Å². The number of nitrogens with one attached hydrogen (secondary N) is 1. The van der Waals surface area contributed by atoms with Crippen molar-refractivity contribution in [1.29, 1.82) is 0 Å². The predicted octanol–water partition coefficient (Wildman–Crippen LogP) is 5.74. The highest BCUT2D eigenvalue weighted by atomic mass is 79.9. The van der Waals surface area contributed by atoms with E-state index in [2.05, 4.69) is 37.2 Å². The van der Waals surface area contributed by atoms with E-state index >= 15 is 0 Å². The summed E-state index contributed by atoms with van der Waals surface area (Å²) in [6, 6.07) is 4.44.